The summed E-state index contributed by atoms with van der Waals surface area (Å²) in [5, 5.41) is 9.26. The van der Waals surface area contributed by atoms with Gasteiger partial charge >= 0.3 is 0 Å². The third-order valence-corrected chi connectivity index (χ3v) is 6.00. The van der Waals surface area contributed by atoms with Crippen molar-refractivity contribution in [3.8, 4) is 22.5 Å². The molecule has 0 aliphatic carbocycles. The number of amides is 1. The second-order valence-electron chi connectivity index (χ2n) is 7.49. The van der Waals surface area contributed by atoms with Gasteiger partial charge in [-0.25, -0.2) is 4.98 Å². The van der Waals surface area contributed by atoms with Crippen LogP contribution in [-0.2, 0) is 11.3 Å². The number of thioether (sulfide) groups is 1. The Morgan fingerprint density at radius 2 is 1.41 bits per heavy atom. The lowest BCUT2D eigenvalue weighted by molar-refractivity contribution is -0.127. The molecule has 0 atom stereocenters. The van der Waals surface area contributed by atoms with Gasteiger partial charge in [-0.3, -0.25) is 4.79 Å². The van der Waals surface area contributed by atoms with Gasteiger partial charge < -0.3 is 4.90 Å². The molecule has 0 saturated carbocycles. The summed E-state index contributed by atoms with van der Waals surface area (Å²) in [4.78, 5) is 19.2. The normalized spacial score (nSPS) is 10.7. The molecule has 0 unspecified atom stereocenters. The van der Waals surface area contributed by atoms with Crippen molar-refractivity contribution in [2.45, 2.75) is 18.6 Å². The lowest BCUT2D eigenvalue weighted by atomic mass is 10.0. The minimum absolute atomic E-state index is 0.0234. The molecule has 4 rings (SSSR count). The van der Waals surface area contributed by atoms with Gasteiger partial charge in [-0.15, -0.1) is 10.2 Å². The second-order valence-corrected chi connectivity index (χ2v) is 8.43. The first-order valence-electron chi connectivity index (χ1n) is 10.4. The van der Waals surface area contributed by atoms with E-state index in [9.17, 15) is 4.79 Å². The van der Waals surface area contributed by atoms with Gasteiger partial charge in [-0.1, -0.05) is 96.7 Å². The van der Waals surface area contributed by atoms with Gasteiger partial charge in [-0.05, 0) is 18.1 Å². The van der Waals surface area contributed by atoms with E-state index in [-0.39, 0.29) is 11.7 Å². The van der Waals surface area contributed by atoms with E-state index in [1.54, 1.807) is 4.90 Å². The molecule has 3 aromatic carbocycles. The number of carbonyl (C=O) groups excluding carboxylic acids is 1. The largest absolute Gasteiger partial charge is 0.341 e. The standard InChI is InChI=1S/C26H24N4OS/c1-19-11-9-10-16-22(19)17-30(2)23(31)18-32-26-27-24(20-12-5-3-6-13-20)25(28-29-26)21-14-7-4-8-15-21/h3-16H,17-18H2,1-2H3. The van der Waals surface area contributed by atoms with E-state index in [0.717, 1.165) is 28.1 Å². The zero-order chi connectivity index (χ0) is 22.3. The number of benzene rings is 3. The van der Waals surface area contributed by atoms with Crippen molar-refractivity contribution in [3.05, 3.63) is 96.1 Å². The molecular formula is C26H24N4OS. The predicted molar refractivity (Wildman–Crippen MR) is 129 cm³/mol. The molecule has 1 amide bonds. The Hall–Kier alpha value is -3.51. The lowest BCUT2D eigenvalue weighted by Crippen LogP contribution is -2.28. The van der Waals surface area contributed by atoms with Crippen molar-refractivity contribution < 1.29 is 4.79 Å². The van der Waals surface area contributed by atoms with Crippen LogP contribution in [0.4, 0.5) is 0 Å². The molecule has 4 aromatic rings. The van der Waals surface area contributed by atoms with Crippen molar-refractivity contribution in [2.24, 2.45) is 0 Å². The summed E-state index contributed by atoms with van der Waals surface area (Å²) in [6.45, 7) is 2.63. The SMILES string of the molecule is Cc1ccccc1CN(C)C(=O)CSc1nnc(-c2ccccc2)c(-c2ccccc2)n1. The number of hydrogen-bond donors (Lipinski definition) is 0. The number of nitrogens with zero attached hydrogens (tertiary/aromatic N) is 4. The third kappa shape index (κ3) is 5.21. The summed E-state index contributed by atoms with van der Waals surface area (Å²) in [6, 6.07) is 27.9. The summed E-state index contributed by atoms with van der Waals surface area (Å²) < 4.78 is 0. The smallest absolute Gasteiger partial charge is 0.233 e. The number of hydrogen-bond acceptors (Lipinski definition) is 5. The Morgan fingerprint density at radius 3 is 2.06 bits per heavy atom. The van der Waals surface area contributed by atoms with Crippen LogP contribution in [0.2, 0.25) is 0 Å². The van der Waals surface area contributed by atoms with Gasteiger partial charge in [0, 0.05) is 24.7 Å². The zero-order valence-electron chi connectivity index (χ0n) is 18.1. The molecule has 160 valence electrons. The Bertz CT molecular complexity index is 1200. The van der Waals surface area contributed by atoms with Crippen LogP contribution in [0.15, 0.2) is 90.1 Å². The fraction of sp³-hybridized carbons (Fsp3) is 0.154. The van der Waals surface area contributed by atoms with Crippen LogP contribution in [0, 0.1) is 6.92 Å². The molecule has 6 heteroatoms. The molecular weight excluding hydrogens is 416 g/mol. The van der Waals surface area contributed by atoms with E-state index >= 15 is 0 Å². The molecule has 0 spiro atoms. The summed E-state index contributed by atoms with van der Waals surface area (Å²) in [7, 11) is 1.82. The topological polar surface area (TPSA) is 59.0 Å². The Labute approximate surface area is 192 Å². The third-order valence-electron chi connectivity index (χ3n) is 5.18. The lowest BCUT2D eigenvalue weighted by Gasteiger charge is -2.18. The fourth-order valence-electron chi connectivity index (χ4n) is 3.33. The Morgan fingerprint density at radius 1 is 0.812 bits per heavy atom. The molecule has 5 nitrogen and oxygen atoms in total. The average Bonchev–Trinajstić information content (AvgIpc) is 2.85. The van der Waals surface area contributed by atoms with Gasteiger partial charge in [-0.2, -0.15) is 0 Å². The monoisotopic (exact) mass is 440 g/mol. The van der Waals surface area contributed by atoms with Crippen LogP contribution < -0.4 is 0 Å². The minimum atomic E-state index is 0.0234. The maximum Gasteiger partial charge on any atom is 0.233 e. The number of rotatable bonds is 7. The van der Waals surface area contributed by atoms with Crippen molar-refractivity contribution in [1.82, 2.24) is 20.1 Å². The van der Waals surface area contributed by atoms with Crippen LogP contribution in [0.3, 0.4) is 0 Å². The molecule has 0 bridgehead atoms. The Balaban J connectivity index is 1.52. The van der Waals surface area contributed by atoms with Crippen molar-refractivity contribution in [1.29, 1.82) is 0 Å². The van der Waals surface area contributed by atoms with Crippen molar-refractivity contribution in [2.75, 3.05) is 12.8 Å². The number of carbonyl (C=O) groups is 1. The van der Waals surface area contributed by atoms with Crippen LogP contribution in [0.1, 0.15) is 11.1 Å². The fourth-order valence-corrected chi connectivity index (χ4v) is 4.06. The highest BCUT2D eigenvalue weighted by Gasteiger charge is 2.16. The van der Waals surface area contributed by atoms with Gasteiger partial charge in [0.2, 0.25) is 11.1 Å². The highest BCUT2D eigenvalue weighted by Crippen LogP contribution is 2.29. The molecule has 0 aliphatic rings. The second kappa shape index (κ2) is 10.2. The minimum Gasteiger partial charge on any atom is -0.341 e. The molecule has 0 aliphatic heterocycles. The zero-order valence-corrected chi connectivity index (χ0v) is 18.9. The molecule has 0 saturated heterocycles. The van der Waals surface area contributed by atoms with E-state index in [0.29, 0.717) is 11.7 Å². The van der Waals surface area contributed by atoms with E-state index in [4.69, 9.17) is 4.98 Å². The van der Waals surface area contributed by atoms with Crippen molar-refractivity contribution in [3.63, 3.8) is 0 Å². The van der Waals surface area contributed by atoms with E-state index in [1.807, 2.05) is 85.9 Å². The van der Waals surface area contributed by atoms with E-state index < -0.39 is 0 Å². The van der Waals surface area contributed by atoms with Gasteiger partial charge in [0.1, 0.15) is 11.4 Å². The quantitative estimate of drug-likeness (QED) is 0.367. The first-order chi connectivity index (χ1) is 15.6. The highest BCUT2D eigenvalue weighted by molar-refractivity contribution is 7.99. The van der Waals surface area contributed by atoms with Gasteiger partial charge in [0.15, 0.2) is 0 Å². The van der Waals surface area contributed by atoms with E-state index in [1.165, 1.54) is 17.3 Å². The molecule has 0 radical (unpaired) electrons. The summed E-state index contributed by atoms with van der Waals surface area (Å²) >= 11 is 1.31. The average molecular weight is 441 g/mol. The van der Waals surface area contributed by atoms with Crippen LogP contribution >= 0.6 is 11.8 Å². The van der Waals surface area contributed by atoms with Gasteiger partial charge in [0.25, 0.3) is 0 Å². The molecule has 0 N–H and O–H groups in total. The van der Waals surface area contributed by atoms with Gasteiger partial charge in [0.05, 0.1) is 5.75 Å². The summed E-state index contributed by atoms with van der Waals surface area (Å²) in [6.07, 6.45) is 0. The Kier molecular flexibility index (Phi) is 6.92. The molecule has 0 fully saturated rings. The number of aryl methyl sites for hydroxylation is 1. The number of aromatic nitrogens is 3. The van der Waals surface area contributed by atoms with Crippen LogP contribution in [0.5, 0.6) is 0 Å². The predicted octanol–water partition coefficient (Wildman–Crippen LogP) is 5.26. The van der Waals surface area contributed by atoms with Crippen LogP contribution in [-0.4, -0.2) is 38.8 Å². The highest BCUT2D eigenvalue weighted by atomic mass is 32.2. The molecule has 1 aromatic heterocycles. The first-order valence-corrected chi connectivity index (χ1v) is 11.4. The summed E-state index contributed by atoms with van der Waals surface area (Å²) in [5.74, 6) is 0.276. The maximum absolute atomic E-state index is 12.7. The molecule has 32 heavy (non-hydrogen) atoms. The maximum atomic E-state index is 12.7. The molecule has 1 heterocycles. The first kappa shape index (κ1) is 21.7. The van der Waals surface area contributed by atoms with Crippen LogP contribution in [0.25, 0.3) is 22.5 Å². The van der Waals surface area contributed by atoms with E-state index in [2.05, 4.69) is 23.2 Å². The van der Waals surface area contributed by atoms with Crippen molar-refractivity contribution >= 4 is 17.7 Å². The summed E-state index contributed by atoms with van der Waals surface area (Å²) in [5.41, 5.74) is 5.73.